The van der Waals surface area contributed by atoms with Crippen molar-refractivity contribution >= 4 is 23.2 Å². The summed E-state index contributed by atoms with van der Waals surface area (Å²) in [6, 6.07) is 4.19. The van der Waals surface area contributed by atoms with Crippen LogP contribution in [0.4, 0.5) is 0 Å². The Kier molecular flexibility index (Phi) is 7.05. The van der Waals surface area contributed by atoms with E-state index in [1.165, 1.54) is 4.88 Å². The van der Waals surface area contributed by atoms with E-state index in [9.17, 15) is 4.79 Å². The number of ether oxygens (including phenoxy) is 1. The highest BCUT2D eigenvalue weighted by molar-refractivity contribution is 7.09. The Morgan fingerprint density at radius 2 is 2.36 bits per heavy atom. The maximum atomic E-state index is 12.0. The number of aryl methyl sites for hydroxylation is 1. The van der Waals surface area contributed by atoms with Crippen molar-refractivity contribution in [2.45, 2.75) is 12.5 Å². The van der Waals surface area contributed by atoms with Gasteiger partial charge in [0.1, 0.15) is 12.6 Å². The minimum absolute atomic E-state index is 0.0189. The van der Waals surface area contributed by atoms with Crippen molar-refractivity contribution in [3.63, 3.8) is 0 Å². The Hall–Kier alpha value is -2.39. The third kappa shape index (κ3) is 5.56. The molecule has 0 aliphatic carbocycles. The Balaban J connectivity index is 1.66. The normalized spacial score (nSPS) is 17.6. The minimum Gasteiger partial charge on any atom is -0.370 e. The molecular formula is C19H28N6O2S. The van der Waals surface area contributed by atoms with E-state index in [4.69, 9.17) is 4.74 Å². The fourth-order valence-corrected chi connectivity index (χ4v) is 3.66. The summed E-state index contributed by atoms with van der Waals surface area (Å²) >= 11 is 1.75. The molecule has 1 aliphatic rings. The second-order valence-electron chi connectivity index (χ2n) is 6.94. The molecule has 28 heavy (non-hydrogen) atoms. The lowest BCUT2D eigenvalue weighted by atomic mass is 10.1. The smallest absolute Gasteiger partial charge is 0.243 e. The quantitative estimate of drug-likeness (QED) is 0.577. The van der Waals surface area contributed by atoms with Gasteiger partial charge in [0.2, 0.25) is 5.91 Å². The summed E-state index contributed by atoms with van der Waals surface area (Å²) < 4.78 is 7.71. The number of nitrogens with zero attached hydrogens (tertiary/aromatic N) is 5. The molecule has 1 saturated heterocycles. The summed E-state index contributed by atoms with van der Waals surface area (Å²) in [5.41, 5.74) is 1.05. The van der Waals surface area contributed by atoms with Crippen molar-refractivity contribution in [2.75, 3.05) is 46.9 Å². The number of aromatic nitrogens is 2. The highest BCUT2D eigenvalue weighted by Crippen LogP contribution is 2.21. The Morgan fingerprint density at radius 3 is 3.04 bits per heavy atom. The van der Waals surface area contributed by atoms with Crippen molar-refractivity contribution in [1.82, 2.24) is 24.9 Å². The first kappa shape index (κ1) is 20.3. The van der Waals surface area contributed by atoms with Crippen molar-refractivity contribution in [3.05, 3.63) is 40.3 Å². The maximum Gasteiger partial charge on any atom is 0.243 e. The first-order valence-electron chi connectivity index (χ1n) is 9.39. The molecule has 8 nitrogen and oxygen atoms in total. The van der Waals surface area contributed by atoms with E-state index in [0.717, 1.165) is 31.0 Å². The predicted molar refractivity (Wildman–Crippen MR) is 110 cm³/mol. The van der Waals surface area contributed by atoms with Gasteiger partial charge in [-0.25, -0.2) is 4.99 Å². The zero-order valence-corrected chi connectivity index (χ0v) is 17.5. The predicted octanol–water partition coefficient (Wildman–Crippen LogP) is 1.13. The number of hydrogen-bond acceptors (Lipinski definition) is 5. The van der Waals surface area contributed by atoms with Gasteiger partial charge in [-0.3, -0.25) is 9.48 Å². The molecule has 9 heteroatoms. The monoisotopic (exact) mass is 404 g/mol. The van der Waals surface area contributed by atoms with E-state index in [0.29, 0.717) is 13.2 Å². The first-order chi connectivity index (χ1) is 13.5. The van der Waals surface area contributed by atoms with Gasteiger partial charge in [0.15, 0.2) is 5.96 Å². The van der Waals surface area contributed by atoms with Crippen LogP contribution in [-0.2, 0) is 23.0 Å². The van der Waals surface area contributed by atoms with E-state index in [1.54, 1.807) is 35.0 Å². The molecule has 0 spiro atoms. The number of amides is 1. The van der Waals surface area contributed by atoms with Crippen LogP contribution in [0.3, 0.4) is 0 Å². The number of thiophene rings is 1. The fourth-order valence-electron chi connectivity index (χ4n) is 2.95. The molecule has 2 aromatic rings. The zero-order chi connectivity index (χ0) is 19.9. The van der Waals surface area contributed by atoms with Crippen molar-refractivity contribution < 1.29 is 9.53 Å². The van der Waals surface area contributed by atoms with Crippen molar-refractivity contribution in [2.24, 2.45) is 12.0 Å². The van der Waals surface area contributed by atoms with Gasteiger partial charge in [0, 0.05) is 50.9 Å². The largest absolute Gasteiger partial charge is 0.370 e. The van der Waals surface area contributed by atoms with Crippen LogP contribution in [0.25, 0.3) is 0 Å². The van der Waals surface area contributed by atoms with Gasteiger partial charge in [0.25, 0.3) is 0 Å². The molecule has 0 radical (unpaired) electrons. The Labute approximate surface area is 169 Å². The zero-order valence-electron chi connectivity index (χ0n) is 16.7. The number of guanidine groups is 1. The minimum atomic E-state index is -0.0590. The Morgan fingerprint density at radius 1 is 1.50 bits per heavy atom. The van der Waals surface area contributed by atoms with Crippen LogP contribution >= 0.6 is 11.3 Å². The molecule has 1 N–H and O–H groups in total. The Bertz CT molecular complexity index is 786. The highest BCUT2D eigenvalue weighted by Gasteiger charge is 2.25. The lowest BCUT2D eigenvalue weighted by Gasteiger charge is -2.35. The number of likely N-dealkylation sites (N-methyl/N-ethyl adjacent to an activating group) is 1. The molecule has 1 fully saturated rings. The van der Waals surface area contributed by atoms with Gasteiger partial charge >= 0.3 is 0 Å². The molecule has 1 unspecified atom stereocenters. The second-order valence-corrected chi connectivity index (χ2v) is 7.97. The van der Waals surface area contributed by atoms with E-state index in [2.05, 4.69) is 37.8 Å². The molecule has 1 atom stereocenters. The van der Waals surface area contributed by atoms with Crippen LogP contribution in [-0.4, -0.2) is 78.3 Å². The molecule has 0 saturated carbocycles. The molecule has 1 amide bonds. The number of rotatable bonds is 6. The van der Waals surface area contributed by atoms with Gasteiger partial charge in [-0.15, -0.1) is 11.3 Å². The molecule has 3 rings (SSSR count). The van der Waals surface area contributed by atoms with Crippen LogP contribution in [0, 0.1) is 0 Å². The van der Waals surface area contributed by atoms with Gasteiger partial charge in [-0.1, -0.05) is 6.07 Å². The third-order valence-corrected chi connectivity index (χ3v) is 5.50. The molecule has 0 aromatic carbocycles. The number of carbonyl (C=O) groups is 1. The summed E-state index contributed by atoms with van der Waals surface area (Å²) in [4.78, 5) is 21.7. The molecule has 152 valence electrons. The summed E-state index contributed by atoms with van der Waals surface area (Å²) in [6.45, 7) is 2.91. The van der Waals surface area contributed by atoms with E-state index >= 15 is 0 Å². The number of aliphatic imine (C=N–C) groups is 1. The molecule has 1 aliphatic heterocycles. The standard InChI is InChI=1S/C19H28N6O2S/c1-23(2)18(26)12-21-19(20-7-6-16-5-4-10-28-16)25-8-9-27-17(14-25)15-11-22-24(3)13-15/h4-5,10-11,13,17H,6-9,12,14H2,1-3H3,(H,20,21). The van der Waals surface area contributed by atoms with Crippen LogP contribution in [0.5, 0.6) is 0 Å². The van der Waals surface area contributed by atoms with Gasteiger partial charge in [-0.05, 0) is 17.9 Å². The summed E-state index contributed by atoms with van der Waals surface area (Å²) in [6.07, 6.45) is 4.68. The average molecular weight is 405 g/mol. The molecule has 3 heterocycles. The van der Waals surface area contributed by atoms with Crippen LogP contribution in [0.1, 0.15) is 16.5 Å². The lowest BCUT2D eigenvalue weighted by Crippen LogP contribution is -2.49. The van der Waals surface area contributed by atoms with Gasteiger partial charge in [-0.2, -0.15) is 5.10 Å². The van der Waals surface area contributed by atoms with Gasteiger partial charge in [0.05, 0.1) is 19.3 Å². The van der Waals surface area contributed by atoms with E-state index in [-0.39, 0.29) is 18.6 Å². The van der Waals surface area contributed by atoms with E-state index < -0.39 is 0 Å². The summed E-state index contributed by atoms with van der Waals surface area (Å²) in [5.74, 6) is 0.735. The maximum absolute atomic E-state index is 12.0. The van der Waals surface area contributed by atoms with Crippen LogP contribution < -0.4 is 5.32 Å². The highest BCUT2D eigenvalue weighted by atomic mass is 32.1. The van der Waals surface area contributed by atoms with Crippen LogP contribution in [0.2, 0.25) is 0 Å². The second kappa shape index (κ2) is 9.70. The van der Waals surface area contributed by atoms with Crippen LogP contribution in [0.15, 0.2) is 34.9 Å². The number of nitrogens with one attached hydrogen (secondary N) is 1. The van der Waals surface area contributed by atoms with E-state index in [1.807, 2.05) is 19.4 Å². The van der Waals surface area contributed by atoms with Crippen molar-refractivity contribution in [1.29, 1.82) is 0 Å². The fraction of sp³-hybridized carbons (Fsp3) is 0.526. The summed E-state index contributed by atoms with van der Waals surface area (Å²) in [7, 11) is 5.39. The summed E-state index contributed by atoms with van der Waals surface area (Å²) in [5, 5.41) is 9.76. The number of carbonyl (C=O) groups excluding carboxylic acids is 1. The SMILES string of the molecule is CN(C)C(=O)CN=C(NCCc1cccs1)N1CCOC(c2cnn(C)c2)C1. The molecule has 2 aromatic heterocycles. The molecular weight excluding hydrogens is 376 g/mol. The number of hydrogen-bond donors (Lipinski definition) is 1. The first-order valence-corrected chi connectivity index (χ1v) is 10.3. The average Bonchev–Trinajstić information content (AvgIpc) is 3.36. The van der Waals surface area contributed by atoms with Crippen molar-refractivity contribution in [3.8, 4) is 0 Å². The number of morpholine rings is 1. The lowest BCUT2D eigenvalue weighted by molar-refractivity contribution is -0.127. The third-order valence-electron chi connectivity index (χ3n) is 4.56. The molecule has 0 bridgehead atoms. The van der Waals surface area contributed by atoms with Gasteiger partial charge < -0.3 is 19.9 Å². The topological polar surface area (TPSA) is 75.0 Å².